The van der Waals surface area contributed by atoms with Gasteiger partial charge in [-0.2, -0.15) is 13.2 Å². The zero-order chi connectivity index (χ0) is 15.8. The molecule has 110 valence electrons. The third-order valence-corrected chi connectivity index (χ3v) is 4.07. The first kappa shape index (κ1) is 15.8. The van der Waals surface area contributed by atoms with Crippen LogP contribution in [-0.4, -0.2) is 5.78 Å². The van der Waals surface area contributed by atoms with Gasteiger partial charge in [-0.05, 0) is 43.2 Å². The van der Waals surface area contributed by atoms with E-state index < -0.39 is 17.5 Å². The highest BCUT2D eigenvalue weighted by molar-refractivity contribution is 9.10. The van der Waals surface area contributed by atoms with Crippen molar-refractivity contribution < 1.29 is 18.0 Å². The van der Waals surface area contributed by atoms with Crippen molar-refractivity contribution in [2.24, 2.45) is 0 Å². The fourth-order valence-corrected chi connectivity index (χ4v) is 2.51. The van der Waals surface area contributed by atoms with Crippen LogP contribution in [-0.2, 0) is 6.18 Å². The SMILES string of the molecule is Cc1cccc(C(=O)c2ccc(Br)c(C(F)(F)F)c2)c1C. The van der Waals surface area contributed by atoms with Gasteiger partial charge in [-0.25, -0.2) is 0 Å². The van der Waals surface area contributed by atoms with E-state index in [2.05, 4.69) is 15.9 Å². The molecule has 0 amide bonds. The maximum absolute atomic E-state index is 12.9. The minimum absolute atomic E-state index is 0.0271. The number of hydrogen-bond acceptors (Lipinski definition) is 1. The molecule has 0 aliphatic heterocycles. The summed E-state index contributed by atoms with van der Waals surface area (Å²) in [6.07, 6.45) is -4.50. The Kier molecular flexibility index (Phi) is 4.23. The van der Waals surface area contributed by atoms with Crippen LogP contribution in [0.25, 0.3) is 0 Å². The quantitative estimate of drug-likeness (QED) is 0.666. The zero-order valence-corrected chi connectivity index (χ0v) is 13.0. The number of rotatable bonds is 2. The molecule has 0 saturated carbocycles. The Hall–Kier alpha value is -1.62. The Balaban J connectivity index is 2.52. The maximum Gasteiger partial charge on any atom is 0.417 e. The van der Waals surface area contributed by atoms with Crippen molar-refractivity contribution in [2.45, 2.75) is 20.0 Å². The molecule has 0 aromatic heterocycles. The number of alkyl halides is 3. The number of aryl methyl sites for hydroxylation is 1. The van der Waals surface area contributed by atoms with Crippen LogP contribution >= 0.6 is 15.9 Å². The Morgan fingerprint density at radius 1 is 1.10 bits per heavy atom. The van der Waals surface area contributed by atoms with Gasteiger partial charge >= 0.3 is 6.18 Å². The predicted molar refractivity (Wildman–Crippen MR) is 78.5 cm³/mol. The normalized spacial score (nSPS) is 11.5. The van der Waals surface area contributed by atoms with E-state index in [0.717, 1.165) is 17.2 Å². The van der Waals surface area contributed by atoms with E-state index in [1.54, 1.807) is 19.1 Å². The minimum Gasteiger partial charge on any atom is -0.289 e. The molecule has 0 aliphatic rings. The summed E-state index contributed by atoms with van der Waals surface area (Å²) in [6, 6.07) is 8.73. The molecule has 5 heteroatoms. The second-order valence-electron chi connectivity index (χ2n) is 4.77. The fourth-order valence-electron chi connectivity index (χ4n) is 2.04. The first-order chi connectivity index (χ1) is 9.71. The average molecular weight is 357 g/mol. The molecule has 2 aromatic carbocycles. The van der Waals surface area contributed by atoms with Crippen LogP contribution in [0.4, 0.5) is 13.2 Å². The third-order valence-electron chi connectivity index (χ3n) is 3.38. The highest BCUT2D eigenvalue weighted by Crippen LogP contribution is 2.35. The molecule has 1 nitrogen and oxygen atoms in total. The number of carbonyl (C=O) groups excluding carboxylic acids is 1. The van der Waals surface area contributed by atoms with Crippen molar-refractivity contribution in [2.75, 3.05) is 0 Å². The van der Waals surface area contributed by atoms with Gasteiger partial charge in [-0.3, -0.25) is 4.79 Å². The van der Waals surface area contributed by atoms with Gasteiger partial charge < -0.3 is 0 Å². The highest BCUT2D eigenvalue weighted by Gasteiger charge is 2.33. The summed E-state index contributed by atoms with van der Waals surface area (Å²) in [7, 11) is 0. The first-order valence-electron chi connectivity index (χ1n) is 6.19. The number of ketones is 1. The standard InChI is InChI=1S/C16H12BrF3O/c1-9-4-3-5-12(10(9)2)15(21)11-6-7-14(17)13(8-11)16(18,19)20/h3-8H,1-2H3. The Morgan fingerprint density at radius 2 is 1.76 bits per heavy atom. The second-order valence-corrected chi connectivity index (χ2v) is 5.62. The zero-order valence-electron chi connectivity index (χ0n) is 11.4. The first-order valence-corrected chi connectivity index (χ1v) is 6.99. The minimum atomic E-state index is -4.50. The average Bonchev–Trinajstić information content (AvgIpc) is 2.40. The van der Waals surface area contributed by atoms with Crippen molar-refractivity contribution in [3.8, 4) is 0 Å². The third kappa shape index (κ3) is 3.18. The van der Waals surface area contributed by atoms with Crippen molar-refractivity contribution >= 4 is 21.7 Å². The largest absolute Gasteiger partial charge is 0.417 e. The van der Waals surface area contributed by atoms with Gasteiger partial charge in [0.15, 0.2) is 5.78 Å². The molecule has 0 unspecified atom stereocenters. The lowest BCUT2D eigenvalue weighted by Crippen LogP contribution is -2.10. The Morgan fingerprint density at radius 3 is 2.38 bits per heavy atom. The lowest BCUT2D eigenvalue weighted by Gasteiger charge is -2.12. The van der Waals surface area contributed by atoms with Gasteiger partial charge in [0.05, 0.1) is 5.56 Å². The van der Waals surface area contributed by atoms with Gasteiger partial charge in [0.2, 0.25) is 0 Å². The van der Waals surface area contributed by atoms with E-state index in [-0.39, 0.29) is 10.0 Å². The Labute approximate surface area is 128 Å². The van der Waals surface area contributed by atoms with Crippen LogP contribution in [0.3, 0.4) is 0 Å². The summed E-state index contributed by atoms with van der Waals surface area (Å²) >= 11 is 2.87. The predicted octanol–water partition coefficient (Wildman–Crippen LogP) is 5.32. The van der Waals surface area contributed by atoms with Crippen LogP contribution < -0.4 is 0 Å². The number of benzene rings is 2. The highest BCUT2D eigenvalue weighted by atomic mass is 79.9. The molecule has 0 N–H and O–H groups in total. The van der Waals surface area contributed by atoms with E-state index in [9.17, 15) is 18.0 Å². The van der Waals surface area contributed by atoms with Crippen LogP contribution in [0, 0.1) is 13.8 Å². The van der Waals surface area contributed by atoms with E-state index in [1.807, 2.05) is 13.0 Å². The molecular weight excluding hydrogens is 345 g/mol. The number of carbonyl (C=O) groups is 1. The molecule has 21 heavy (non-hydrogen) atoms. The summed E-state index contributed by atoms with van der Waals surface area (Å²) in [5, 5.41) is 0. The number of hydrogen-bond donors (Lipinski definition) is 0. The van der Waals surface area contributed by atoms with Crippen LogP contribution in [0.15, 0.2) is 40.9 Å². The van der Waals surface area contributed by atoms with Gasteiger partial charge in [0.25, 0.3) is 0 Å². The summed E-state index contributed by atoms with van der Waals surface area (Å²) in [4.78, 5) is 12.4. The molecule has 0 aliphatic carbocycles. The molecule has 0 heterocycles. The van der Waals surface area contributed by atoms with Crippen LogP contribution in [0.1, 0.15) is 32.6 Å². The molecule has 0 bridgehead atoms. The number of halogens is 4. The summed E-state index contributed by atoms with van der Waals surface area (Å²) in [6.45, 7) is 3.64. The summed E-state index contributed by atoms with van der Waals surface area (Å²) < 4.78 is 38.6. The van der Waals surface area contributed by atoms with Crippen molar-refractivity contribution in [1.82, 2.24) is 0 Å². The molecule has 0 saturated heterocycles. The van der Waals surface area contributed by atoms with Crippen molar-refractivity contribution in [3.63, 3.8) is 0 Å². The van der Waals surface area contributed by atoms with Crippen LogP contribution in [0.2, 0.25) is 0 Å². The molecule has 2 rings (SSSR count). The van der Waals surface area contributed by atoms with E-state index in [1.165, 1.54) is 12.1 Å². The summed E-state index contributed by atoms with van der Waals surface area (Å²) in [5.74, 6) is -0.408. The molecule has 0 atom stereocenters. The smallest absolute Gasteiger partial charge is 0.289 e. The van der Waals surface area contributed by atoms with Gasteiger partial charge in [-0.1, -0.05) is 34.1 Å². The van der Waals surface area contributed by atoms with E-state index in [0.29, 0.717) is 5.56 Å². The lowest BCUT2D eigenvalue weighted by atomic mass is 9.95. The monoisotopic (exact) mass is 356 g/mol. The Bertz CT molecular complexity index is 705. The van der Waals surface area contributed by atoms with Crippen LogP contribution in [0.5, 0.6) is 0 Å². The van der Waals surface area contributed by atoms with Gasteiger partial charge in [0.1, 0.15) is 0 Å². The van der Waals surface area contributed by atoms with Crippen molar-refractivity contribution in [1.29, 1.82) is 0 Å². The molecular formula is C16H12BrF3O. The van der Waals surface area contributed by atoms with Crippen molar-refractivity contribution in [3.05, 3.63) is 68.7 Å². The lowest BCUT2D eigenvalue weighted by molar-refractivity contribution is -0.138. The topological polar surface area (TPSA) is 17.1 Å². The second kappa shape index (κ2) is 5.64. The summed E-state index contributed by atoms with van der Waals surface area (Å²) in [5.41, 5.74) is 1.30. The van der Waals surface area contributed by atoms with E-state index in [4.69, 9.17) is 0 Å². The van der Waals surface area contributed by atoms with Gasteiger partial charge in [0, 0.05) is 15.6 Å². The maximum atomic E-state index is 12.9. The molecule has 0 fully saturated rings. The molecule has 2 aromatic rings. The van der Waals surface area contributed by atoms with Gasteiger partial charge in [-0.15, -0.1) is 0 Å². The molecule has 0 radical (unpaired) electrons. The van der Waals surface area contributed by atoms with E-state index >= 15 is 0 Å². The molecule has 0 spiro atoms. The fraction of sp³-hybridized carbons (Fsp3) is 0.188.